The average molecular weight is 384 g/mol. The van der Waals surface area contributed by atoms with E-state index in [0.717, 1.165) is 49.8 Å². The second kappa shape index (κ2) is 10.4. The third kappa shape index (κ3) is 5.90. The molecule has 2 aromatic carbocycles. The average Bonchev–Trinajstić information content (AvgIpc) is 2.73. The van der Waals surface area contributed by atoms with Crippen molar-refractivity contribution in [1.82, 2.24) is 0 Å². The van der Waals surface area contributed by atoms with Crippen LogP contribution in [0.15, 0.2) is 48.5 Å². The Kier molecular flexibility index (Phi) is 7.61. The van der Waals surface area contributed by atoms with Gasteiger partial charge in [-0.3, -0.25) is 0 Å². The summed E-state index contributed by atoms with van der Waals surface area (Å²) < 4.78 is 24.7. The molecular formula is C24H29FO3. The zero-order valence-corrected chi connectivity index (χ0v) is 16.5. The summed E-state index contributed by atoms with van der Waals surface area (Å²) in [5, 5.41) is 0. The second-order valence-corrected chi connectivity index (χ2v) is 7.47. The van der Waals surface area contributed by atoms with Crippen LogP contribution in [0.1, 0.15) is 62.2 Å². The first-order valence-corrected chi connectivity index (χ1v) is 10.3. The molecule has 0 amide bonds. The van der Waals surface area contributed by atoms with Crippen LogP contribution in [0.4, 0.5) is 4.39 Å². The Morgan fingerprint density at radius 1 is 0.893 bits per heavy atom. The lowest BCUT2D eigenvalue weighted by Gasteiger charge is -2.28. The molecule has 0 N–H and O–H groups in total. The van der Waals surface area contributed by atoms with Crippen LogP contribution in [-0.4, -0.2) is 24.8 Å². The summed E-state index contributed by atoms with van der Waals surface area (Å²) >= 11 is 0. The van der Waals surface area contributed by atoms with Gasteiger partial charge in [-0.15, -0.1) is 0 Å². The van der Waals surface area contributed by atoms with E-state index in [1.54, 1.807) is 24.3 Å². The van der Waals surface area contributed by atoms with E-state index in [-0.39, 0.29) is 17.9 Å². The highest BCUT2D eigenvalue weighted by atomic mass is 19.1. The van der Waals surface area contributed by atoms with E-state index < -0.39 is 0 Å². The van der Waals surface area contributed by atoms with Gasteiger partial charge in [-0.1, -0.05) is 44.0 Å². The second-order valence-electron chi connectivity index (χ2n) is 7.47. The number of halogens is 1. The van der Waals surface area contributed by atoms with Gasteiger partial charge in [-0.2, -0.15) is 0 Å². The van der Waals surface area contributed by atoms with Gasteiger partial charge in [0.15, 0.2) is 0 Å². The standard InChI is InChI=1S/C24H29FO3/c1-2-3-4-17-27-22-13-15-23(16-14-22)28-24(26)20-7-5-18(6-8-20)19-9-11-21(25)12-10-19/h5-12,22-23H,2-4,13-17H2,1H3. The highest BCUT2D eigenvalue weighted by Gasteiger charge is 2.24. The molecule has 3 rings (SSSR count). The van der Waals surface area contributed by atoms with Crippen LogP contribution in [0.25, 0.3) is 11.1 Å². The fourth-order valence-electron chi connectivity index (χ4n) is 3.58. The Morgan fingerprint density at radius 2 is 1.46 bits per heavy atom. The van der Waals surface area contributed by atoms with Crippen LogP contribution in [0.3, 0.4) is 0 Å². The molecule has 0 aromatic heterocycles. The van der Waals surface area contributed by atoms with Gasteiger partial charge in [-0.25, -0.2) is 9.18 Å². The van der Waals surface area contributed by atoms with Crippen molar-refractivity contribution in [3.63, 3.8) is 0 Å². The Bertz CT molecular complexity index is 731. The first-order chi connectivity index (χ1) is 13.7. The van der Waals surface area contributed by atoms with Gasteiger partial charge in [-0.05, 0) is 67.5 Å². The van der Waals surface area contributed by atoms with Crippen molar-refractivity contribution in [2.45, 2.75) is 64.1 Å². The molecule has 1 aliphatic rings. The number of unbranched alkanes of at least 4 members (excludes halogenated alkanes) is 2. The van der Waals surface area contributed by atoms with Crippen LogP contribution in [0.2, 0.25) is 0 Å². The van der Waals surface area contributed by atoms with Crippen molar-refractivity contribution < 1.29 is 18.7 Å². The molecule has 0 unspecified atom stereocenters. The molecule has 0 heterocycles. The molecule has 0 radical (unpaired) electrons. The lowest BCUT2D eigenvalue weighted by molar-refractivity contribution is -0.0203. The Labute approximate surface area is 166 Å². The van der Waals surface area contributed by atoms with Crippen molar-refractivity contribution in [2.75, 3.05) is 6.61 Å². The Balaban J connectivity index is 1.45. The normalized spacial score (nSPS) is 19.4. The molecule has 28 heavy (non-hydrogen) atoms. The van der Waals surface area contributed by atoms with Gasteiger partial charge in [0.2, 0.25) is 0 Å². The van der Waals surface area contributed by atoms with Crippen molar-refractivity contribution in [1.29, 1.82) is 0 Å². The Hall–Kier alpha value is -2.20. The minimum absolute atomic E-state index is 0.0280. The number of ether oxygens (including phenoxy) is 2. The van der Waals surface area contributed by atoms with Crippen molar-refractivity contribution in [3.05, 3.63) is 59.9 Å². The Morgan fingerprint density at radius 3 is 2.07 bits per heavy atom. The lowest BCUT2D eigenvalue weighted by atomic mass is 9.95. The molecule has 0 spiro atoms. The monoisotopic (exact) mass is 384 g/mol. The first kappa shape index (κ1) is 20.5. The zero-order valence-electron chi connectivity index (χ0n) is 16.5. The molecule has 150 valence electrons. The highest BCUT2D eigenvalue weighted by Crippen LogP contribution is 2.25. The van der Waals surface area contributed by atoms with Crippen LogP contribution >= 0.6 is 0 Å². The lowest BCUT2D eigenvalue weighted by Crippen LogP contribution is -2.28. The van der Waals surface area contributed by atoms with E-state index in [1.807, 2.05) is 12.1 Å². The van der Waals surface area contributed by atoms with Crippen molar-refractivity contribution in [3.8, 4) is 11.1 Å². The largest absolute Gasteiger partial charge is 0.459 e. The number of carbonyl (C=O) groups is 1. The van der Waals surface area contributed by atoms with E-state index >= 15 is 0 Å². The fraction of sp³-hybridized carbons (Fsp3) is 0.458. The summed E-state index contributed by atoms with van der Waals surface area (Å²) in [6.45, 7) is 3.03. The SMILES string of the molecule is CCCCCOC1CCC(OC(=O)c2ccc(-c3ccc(F)cc3)cc2)CC1. The summed E-state index contributed by atoms with van der Waals surface area (Å²) in [6, 6.07) is 13.6. The number of carbonyl (C=O) groups excluding carboxylic acids is 1. The van der Waals surface area contributed by atoms with Crippen LogP contribution in [-0.2, 0) is 9.47 Å². The predicted molar refractivity (Wildman–Crippen MR) is 109 cm³/mol. The maximum atomic E-state index is 13.0. The van der Waals surface area contributed by atoms with Gasteiger partial charge in [0.1, 0.15) is 11.9 Å². The van der Waals surface area contributed by atoms with Crippen molar-refractivity contribution >= 4 is 5.97 Å². The third-order valence-electron chi connectivity index (χ3n) is 5.29. The summed E-state index contributed by atoms with van der Waals surface area (Å²) in [6.07, 6.45) is 7.45. The van der Waals surface area contributed by atoms with E-state index in [2.05, 4.69) is 6.92 Å². The van der Waals surface area contributed by atoms with Gasteiger partial charge in [0.05, 0.1) is 11.7 Å². The molecule has 4 heteroatoms. The van der Waals surface area contributed by atoms with Crippen molar-refractivity contribution in [2.24, 2.45) is 0 Å². The smallest absolute Gasteiger partial charge is 0.338 e. The van der Waals surface area contributed by atoms with E-state index in [4.69, 9.17) is 9.47 Å². The topological polar surface area (TPSA) is 35.5 Å². The summed E-state index contributed by atoms with van der Waals surface area (Å²) in [7, 11) is 0. The quantitative estimate of drug-likeness (QED) is 0.403. The van der Waals surface area contributed by atoms with Crippen LogP contribution in [0.5, 0.6) is 0 Å². The maximum Gasteiger partial charge on any atom is 0.338 e. The van der Waals surface area contributed by atoms with Gasteiger partial charge in [0.25, 0.3) is 0 Å². The van der Waals surface area contributed by atoms with E-state index in [0.29, 0.717) is 11.7 Å². The fourth-order valence-corrected chi connectivity index (χ4v) is 3.58. The molecule has 1 saturated carbocycles. The molecule has 1 aliphatic carbocycles. The highest BCUT2D eigenvalue weighted by molar-refractivity contribution is 5.90. The predicted octanol–water partition coefficient (Wildman–Crippen LogP) is 6.17. The minimum Gasteiger partial charge on any atom is -0.459 e. The zero-order chi connectivity index (χ0) is 19.8. The third-order valence-corrected chi connectivity index (χ3v) is 5.29. The number of hydrogen-bond donors (Lipinski definition) is 0. The van der Waals surface area contributed by atoms with E-state index in [1.165, 1.54) is 25.0 Å². The molecule has 1 fully saturated rings. The van der Waals surface area contributed by atoms with Gasteiger partial charge < -0.3 is 9.47 Å². The summed E-state index contributed by atoms with van der Waals surface area (Å²) in [5.74, 6) is -0.539. The molecular weight excluding hydrogens is 355 g/mol. The molecule has 0 bridgehead atoms. The summed E-state index contributed by atoms with van der Waals surface area (Å²) in [4.78, 5) is 12.4. The number of rotatable bonds is 8. The summed E-state index contributed by atoms with van der Waals surface area (Å²) in [5.41, 5.74) is 2.40. The molecule has 2 aromatic rings. The maximum absolute atomic E-state index is 13.0. The van der Waals surface area contributed by atoms with E-state index in [9.17, 15) is 9.18 Å². The molecule has 0 saturated heterocycles. The van der Waals surface area contributed by atoms with Gasteiger partial charge >= 0.3 is 5.97 Å². The minimum atomic E-state index is -0.280. The number of hydrogen-bond acceptors (Lipinski definition) is 3. The van der Waals surface area contributed by atoms with Crippen LogP contribution in [0, 0.1) is 5.82 Å². The first-order valence-electron chi connectivity index (χ1n) is 10.3. The van der Waals surface area contributed by atoms with Crippen LogP contribution < -0.4 is 0 Å². The number of benzene rings is 2. The number of esters is 1. The molecule has 0 aliphatic heterocycles. The molecule has 3 nitrogen and oxygen atoms in total. The molecule has 0 atom stereocenters. The van der Waals surface area contributed by atoms with Gasteiger partial charge in [0, 0.05) is 6.61 Å².